The molecule has 0 saturated carbocycles. The number of rotatable bonds is 6. The fraction of sp³-hybridized carbons (Fsp3) is 0.400. The van der Waals surface area contributed by atoms with Crippen molar-refractivity contribution in [1.29, 1.82) is 0 Å². The predicted octanol–water partition coefficient (Wildman–Crippen LogP) is 4.03. The van der Waals surface area contributed by atoms with Crippen molar-refractivity contribution < 1.29 is 14.6 Å². The third-order valence-corrected chi connectivity index (χ3v) is 6.97. The lowest BCUT2D eigenvalue weighted by Crippen LogP contribution is -2.44. The Morgan fingerprint density at radius 1 is 1.22 bits per heavy atom. The van der Waals surface area contributed by atoms with Crippen LogP contribution in [0.3, 0.4) is 0 Å². The van der Waals surface area contributed by atoms with Crippen molar-refractivity contribution in [2.24, 2.45) is 0 Å². The number of esters is 1. The normalized spacial score (nSPS) is 18.9. The Labute approximate surface area is 190 Å². The van der Waals surface area contributed by atoms with Crippen LogP contribution in [0, 0.1) is 0 Å². The van der Waals surface area contributed by atoms with Gasteiger partial charge in [0.25, 0.3) is 5.56 Å². The molecule has 0 fully saturated rings. The number of carbonyl (C=O) groups excluding carboxylic acids is 1. The van der Waals surface area contributed by atoms with E-state index in [9.17, 15) is 14.7 Å². The molecular weight excluding hydrogens is 428 g/mol. The van der Waals surface area contributed by atoms with Crippen LogP contribution in [0.1, 0.15) is 54.9 Å². The number of pyridine rings is 2. The maximum absolute atomic E-state index is 13.3. The minimum Gasteiger partial charge on any atom is -0.458 e. The molecule has 6 nitrogen and oxygen atoms in total. The summed E-state index contributed by atoms with van der Waals surface area (Å²) in [5.74, 6) is -0.0322. The minimum atomic E-state index is -1.81. The van der Waals surface area contributed by atoms with Crippen LogP contribution in [0.25, 0.3) is 22.3 Å². The van der Waals surface area contributed by atoms with Gasteiger partial charge in [-0.25, -0.2) is 9.78 Å². The van der Waals surface area contributed by atoms with Crippen LogP contribution in [0.15, 0.2) is 35.1 Å². The van der Waals surface area contributed by atoms with Gasteiger partial charge in [-0.15, -0.1) is 11.6 Å². The Kier molecular flexibility index (Phi) is 5.30. The van der Waals surface area contributed by atoms with Crippen molar-refractivity contribution in [3.8, 4) is 11.4 Å². The van der Waals surface area contributed by atoms with E-state index in [4.69, 9.17) is 21.3 Å². The molecule has 2 aromatic heterocycles. The molecule has 0 radical (unpaired) electrons. The molecule has 0 unspecified atom stereocenters. The summed E-state index contributed by atoms with van der Waals surface area (Å²) in [5, 5.41) is 12.1. The number of unbranched alkanes of at least 4 members (excludes halogenated alkanes) is 2. The number of carbonyl (C=O) groups is 1. The standard InChI is InChI=1S/C25H25ClN2O4/c1-2-25(31)19-12-20-22-17(13-28(20)23(29)18(19)14-32-24(25)30)11-16-9-6-8-15(21(16)27-22)7-4-3-5-10-26/h6,8-9,11-12,31H,2-5,7,10,13-14H2,1H3/t25-/m0/s1. The van der Waals surface area contributed by atoms with Crippen molar-refractivity contribution in [3.63, 3.8) is 0 Å². The van der Waals surface area contributed by atoms with E-state index in [1.165, 1.54) is 5.56 Å². The summed E-state index contributed by atoms with van der Waals surface area (Å²) in [4.78, 5) is 30.6. The molecule has 0 saturated heterocycles. The van der Waals surface area contributed by atoms with E-state index < -0.39 is 11.6 Å². The molecule has 0 aliphatic carbocycles. The van der Waals surface area contributed by atoms with Gasteiger partial charge >= 0.3 is 5.97 Å². The van der Waals surface area contributed by atoms with Crippen LogP contribution < -0.4 is 5.56 Å². The van der Waals surface area contributed by atoms with Crippen LogP contribution in [0.4, 0.5) is 0 Å². The summed E-state index contributed by atoms with van der Waals surface area (Å²) in [6, 6.07) is 10.0. The second kappa shape index (κ2) is 8.01. The van der Waals surface area contributed by atoms with Gasteiger partial charge in [0.15, 0.2) is 5.60 Å². The number of benzene rings is 1. The van der Waals surface area contributed by atoms with Crippen molar-refractivity contribution in [1.82, 2.24) is 9.55 Å². The van der Waals surface area contributed by atoms with Crippen molar-refractivity contribution >= 4 is 28.5 Å². The quantitative estimate of drug-likeness (QED) is 0.271. The zero-order valence-electron chi connectivity index (χ0n) is 18.0. The Balaban J connectivity index is 1.64. The number of hydrogen-bond donors (Lipinski definition) is 1. The van der Waals surface area contributed by atoms with Gasteiger partial charge in [-0.1, -0.05) is 31.5 Å². The third kappa shape index (κ3) is 3.16. The van der Waals surface area contributed by atoms with Crippen molar-refractivity contribution in [2.45, 2.75) is 57.8 Å². The summed E-state index contributed by atoms with van der Waals surface area (Å²) >= 11 is 5.81. The van der Waals surface area contributed by atoms with E-state index in [-0.39, 0.29) is 18.6 Å². The second-order valence-corrected chi connectivity index (χ2v) is 8.97. The topological polar surface area (TPSA) is 81.4 Å². The highest BCUT2D eigenvalue weighted by Crippen LogP contribution is 2.38. The summed E-state index contributed by atoms with van der Waals surface area (Å²) in [5.41, 5.74) is 3.09. The predicted molar refractivity (Wildman–Crippen MR) is 123 cm³/mol. The van der Waals surface area contributed by atoms with Crippen LogP contribution in [-0.4, -0.2) is 26.5 Å². The van der Waals surface area contributed by atoms with E-state index in [1.807, 2.05) is 12.1 Å². The number of para-hydroxylation sites is 1. The zero-order valence-corrected chi connectivity index (χ0v) is 18.7. The number of ether oxygens (including phenoxy) is 1. The molecule has 0 amide bonds. The molecule has 0 bridgehead atoms. The van der Waals surface area contributed by atoms with Gasteiger partial charge in [0.2, 0.25) is 0 Å². The lowest BCUT2D eigenvalue weighted by molar-refractivity contribution is -0.172. The van der Waals surface area contributed by atoms with E-state index >= 15 is 0 Å². The maximum Gasteiger partial charge on any atom is 0.343 e. The number of alkyl halides is 1. The number of halogens is 1. The van der Waals surface area contributed by atoms with Crippen LogP contribution in [0.2, 0.25) is 0 Å². The van der Waals surface area contributed by atoms with Crippen LogP contribution in [-0.2, 0) is 34.7 Å². The van der Waals surface area contributed by atoms with Crippen molar-refractivity contribution in [2.75, 3.05) is 5.88 Å². The average Bonchev–Trinajstić information content (AvgIpc) is 3.16. The van der Waals surface area contributed by atoms with Gasteiger partial charge in [-0.2, -0.15) is 0 Å². The molecule has 7 heteroatoms. The smallest absolute Gasteiger partial charge is 0.343 e. The van der Waals surface area contributed by atoms with Gasteiger partial charge < -0.3 is 14.4 Å². The van der Waals surface area contributed by atoms with Crippen LogP contribution >= 0.6 is 11.6 Å². The SMILES string of the molecule is CC[C@@]1(O)C(=O)OCc2c1cc1n(c2=O)Cc2cc3cccc(CCCCCCl)c3nc2-1. The molecule has 2 aliphatic heterocycles. The first-order valence-corrected chi connectivity index (χ1v) is 11.7. The molecule has 2 aliphatic rings. The number of nitrogens with zero attached hydrogens (tertiary/aromatic N) is 2. The molecule has 166 valence electrons. The van der Waals surface area contributed by atoms with E-state index in [2.05, 4.69) is 12.1 Å². The number of aromatic nitrogens is 2. The fourth-order valence-electron chi connectivity index (χ4n) is 4.86. The van der Waals surface area contributed by atoms with Gasteiger partial charge in [-0.05, 0) is 43.4 Å². The van der Waals surface area contributed by atoms with Crippen molar-refractivity contribution in [3.05, 3.63) is 62.9 Å². The van der Waals surface area contributed by atoms with E-state index in [1.54, 1.807) is 17.6 Å². The number of aryl methyl sites for hydroxylation is 1. The number of cyclic esters (lactones) is 1. The Bertz CT molecular complexity index is 1300. The Hall–Kier alpha value is -2.70. The summed E-state index contributed by atoms with van der Waals surface area (Å²) in [6.07, 6.45) is 4.16. The molecule has 1 aromatic carbocycles. The number of aliphatic hydroxyl groups is 1. The monoisotopic (exact) mass is 452 g/mol. The molecule has 32 heavy (non-hydrogen) atoms. The van der Waals surface area contributed by atoms with Crippen LogP contribution in [0.5, 0.6) is 0 Å². The molecule has 1 atom stereocenters. The maximum atomic E-state index is 13.3. The first kappa shape index (κ1) is 21.2. The van der Waals surface area contributed by atoms with Gasteiger partial charge in [0.1, 0.15) is 6.61 Å². The van der Waals surface area contributed by atoms with Gasteiger partial charge in [0, 0.05) is 22.4 Å². The minimum absolute atomic E-state index is 0.117. The van der Waals surface area contributed by atoms with E-state index in [0.717, 1.165) is 47.8 Å². The summed E-state index contributed by atoms with van der Waals surface area (Å²) in [6.45, 7) is 2.00. The molecule has 5 rings (SSSR count). The highest BCUT2D eigenvalue weighted by Gasteiger charge is 2.45. The Morgan fingerprint density at radius 2 is 2.06 bits per heavy atom. The molecule has 1 N–H and O–H groups in total. The third-order valence-electron chi connectivity index (χ3n) is 6.70. The Morgan fingerprint density at radius 3 is 2.84 bits per heavy atom. The lowest BCUT2D eigenvalue weighted by Gasteiger charge is -2.31. The highest BCUT2D eigenvalue weighted by molar-refractivity contribution is 6.17. The molecule has 3 aromatic rings. The molecule has 0 spiro atoms. The molecule has 4 heterocycles. The summed E-state index contributed by atoms with van der Waals surface area (Å²) in [7, 11) is 0. The lowest BCUT2D eigenvalue weighted by atomic mass is 9.86. The van der Waals surface area contributed by atoms with Gasteiger partial charge in [-0.3, -0.25) is 4.79 Å². The second-order valence-electron chi connectivity index (χ2n) is 8.59. The first-order valence-electron chi connectivity index (χ1n) is 11.1. The average molecular weight is 453 g/mol. The fourth-order valence-corrected chi connectivity index (χ4v) is 5.05. The zero-order chi connectivity index (χ0) is 22.5. The molecular formula is C25H25ClN2O4. The van der Waals surface area contributed by atoms with E-state index in [0.29, 0.717) is 29.2 Å². The first-order chi connectivity index (χ1) is 15.5. The summed E-state index contributed by atoms with van der Waals surface area (Å²) < 4.78 is 6.81. The van der Waals surface area contributed by atoms with Gasteiger partial charge in [0.05, 0.1) is 29.0 Å². The highest BCUT2D eigenvalue weighted by atomic mass is 35.5. The number of hydrogen-bond acceptors (Lipinski definition) is 5. The number of fused-ring (bicyclic) bond motifs is 5. The largest absolute Gasteiger partial charge is 0.458 e.